The van der Waals surface area contributed by atoms with E-state index in [9.17, 15) is 9.59 Å². The molecule has 0 saturated heterocycles. The fourth-order valence-corrected chi connectivity index (χ4v) is 3.97. The summed E-state index contributed by atoms with van der Waals surface area (Å²) < 4.78 is 7.98. The third kappa shape index (κ3) is 4.23. The smallest absolute Gasteiger partial charge is 0.344 e. The van der Waals surface area contributed by atoms with E-state index in [4.69, 9.17) is 14.7 Å². The number of ether oxygens (including phenoxy) is 1. The number of para-hydroxylation sites is 2. The minimum Gasteiger partial charge on any atom is -0.462 e. The second-order valence-electron chi connectivity index (χ2n) is 7.30. The molecule has 0 aliphatic heterocycles. The molecule has 4 aromatic rings. The Morgan fingerprint density at radius 2 is 1.81 bits per heavy atom. The molecule has 8 heteroatoms. The summed E-state index contributed by atoms with van der Waals surface area (Å²) >= 11 is 3.40. The van der Waals surface area contributed by atoms with Crippen molar-refractivity contribution in [3.05, 3.63) is 64.1 Å². The number of rotatable bonds is 7. The van der Waals surface area contributed by atoms with Gasteiger partial charge in [-0.3, -0.25) is 4.79 Å². The van der Waals surface area contributed by atoms with Crippen LogP contribution in [0.2, 0.25) is 0 Å². The van der Waals surface area contributed by atoms with Crippen molar-refractivity contribution in [1.82, 2.24) is 14.5 Å². The molecule has 0 bridgehead atoms. The van der Waals surface area contributed by atoms with E-state index in [0.717, 1.165) is 22.8 Å². The second kappa shape index (κ2) is 9.48. The van der Waals surface area contributed by atoms with Crippen LogP contribution in [-0.4, -0.2) is 33.0 Å². The van der Waals surface area contributed by atoms with Crippen LogP contribution in [0.25, 0.3) is 22.2 Å². The topological polar surface area (TPSA) is 86.1 Å². The van der Waals surface area contributed by atoms with Crippen LogP contribution in [-0.2, 0) is 11.3 Å². The SMILES string of the molecule is CCCCn1c(NC(=O)c2cccc(Br)c2)c(C(=O)OCC)c2nc3ccccc3nc21. The number of halogens is 1. The van der Waals surface area contributed by atoms with E-state index >= 15 is 0 Å². The maximum atomic E-state index is 13.1. The van der Waals surface area contributed by atoms with Gasteiger partial charge in [0.25, 0.3) is 5.91 Å². The van der Waals surface area contributed by atoms with Crippen LogP contribution < -0.4 is 5.32 Å². The molecule has 164 valence electrons. The highest BCUT2D eigenvalue weighted by Crippen LogP contribution is 2.31. The van der Waals surface area contributed by atoms with Crippen molar-refractivity contribution in [3.8, 4) is 0 Å². The summed E-state index contributed by atoms with van der Waals surface area (Å²) in [7, 11) is 0. The highest BCUT2D eigenvalue weighted by Gasteiger charge is 2.28. The van der Waals surface area contributed by atoms with E-state index < -0.39 is 5.97 Å². The number of esters is 1. The monoisotopic (exact) mass is 494 g/mol. The highest BCUT2D eigenvalue weighted by atomic mass is 79.9. The van der Waals surface area contributed by atoms with Gasteiger partial charge in [-0.2, -0.15) is 0 Å². The number of nitrogens with zero attached hydrogens (tertiary/aromatic N) is 3. The number of anilines is 1. The molecule has 0 radical (unpaired) electrons. The Kier molecular flexibility index (Phi) is 6.50. The number of carbonyl (C=O) groups excluding carboxylic acids is 2. The van der Waals surface area contributed by atoms with Crippen molar-refractivity contribution in [2.75, 3.05) is 11.9 Å². The van der Waals surface area contributed by atoms with Gasteiger partial charge in [-0.25, -0.2) is 14.8 Å². The molecule has 7 nitrogen and oxygen atoms in total. The predicted molar refractivity (Wildman–Crippen MR) is 128 cm³/mol. The van der Waals surface area contributed by atoms with E-state index in [-0.39, 0.29) is 18.1 Å². The highest BCUT2D eigenvalue weighted by molar-refractivity contribution is 9.10. The van der Waals surface area contributed by atoms with Gasteiger partial charge in [-0.15, -0.1) is 0 Å². The van der Waals surface area contributed by atoms with Crippen LogP contribution in [0.3, 0.4) is 0 Å². The molecule has 0 aliphatic carbocycles. The Balaban J connectivity index is 1.94. The van der Waals surface area contributed by atoms with Gasteiger partial charge in [0, 0.05) is 16.6 Å². The van der Waals surface area contributed by atoms with Gasteiger partial charge >= 0.3 is 5.97 Å². The number of aromatic nitrogens is 3. The molecular formula is C24H23BrN4O3. The number of amides is 1. The first kappa shape index (κ1) is 22.0. The number of aryl methyl sites for hydroxylation is 1. The average Bonchev–Trinajstić information content (AvgIpc) is 3.08. The lowest BCUT2D eigenvalue weighted by molar-refractivity contribution is 0.0529. The number of carbonyl (C=O) groups is 2. The Bertz CT molecular complexity index is 1320. The van der Waals surface area contributed by atoms with Gasteiger partial charge in [0.1, 0.15) is 16.9 Å². The van der Waals surface area contributed by atoms with Crippen LogP contribution in [0.5, 0.6) is 0 Å². The van der Waals surface area contributed by atoms with Crippen molar-refractivity contribution < 1.29 is 14.3 Å². The van der Waals surface area contributed by atoms with Crippen molar-refractivity contribution in [3.63, 3.8) is 0 Å². The standard InChI is InChI=1S/C24H23BrN4O3/c1-3-5-13-29-21(28-23(30)15-9-8-10-16(25)14-15)19(24(31)32-4-2)20-22(29)27-18-12-7-6-11-17(18)26-20/h6-12,14H,3-5,13H2,1-2H3,(H,28,30). The lowest BCUT2D eigenvalue weighted by atomic mass is 10.2. The van der Waals surface area contributed by atoms with Crippen LogP contribution >= 0.6 is 15.9 Å². The van der Waals surface area contributed by atoms with E-state index in [2.05, 4.69) is 28.2 Å². The van der Waals surface area contributed by atoms with Gasteiger partial charge in [0.15, 0.2) is 5.65 Å². The average molecular weight is 495 g/mol. The number of fused-ring (bicyclic) bond motifs is 2. The van der Waals surface area contributed by atoms with Crippen LogP contribution in [0.4, 0.5) is 5.82 Å². The molecule has 32 heavy (non-hydrogen) atoms. The largest absolute Gasteiger partial charge is 0.462 e. The first-order valence-corrected chi connectivity index (χ1v) is 11.4. The summed E-state index contributed by atoms with van der Waals surface area (Å²) in [5, 5.41) is 2.94. The van der Waals surface area contributed by atoms with E-state index in [0.29, 0.717) is 34.6 Å². The molecule has 2 aromatic heterocycles. The zero-order valence-corrected chi connectivity index (χ0v) is 19.5. The molecule has 1 N–H and O–H groups in total. The Morgan fingerprint density at radius 3 is 2.50 bits per heavy atom. The summed E-state index contributed by atoms with van der Waals surface area (Å²) in [4.78, 5) is 35.6. The lowest BCUT2D eigenvalue weighted by Crippen LogP contribution is -2.18. The molecule has 2 aromatic carbocycles. The number of nitrogens with one attached hydrogen (secondary N) is 1. The summed E-state index contributed by atoms with van der Waals surface area (Å²) in [6.45, 7) is 4.61. The van der Waals surface area contributed by atoms with Crippen molar-refractivity contribution in [1.29, 1.82) is 0 Å². The summed E-state index contributed by atoms with van der Waals surface area (Å²) in [6.07, 6.45) is 1.79. The van der Waals surface area contributed by atoms with Gasteiger partial charge in [0.05, 0.1) is 17.6 Å². The molecule has 4 rings (SSSR count). The third-order valence-electron chi connectivity index (χ3n) is 5.08. The number of unbranched alkanes of at least 4 members (excludes halogenated alkanes) is 1. The van der Waals surface area contributed by atoms with E-state index in [1.165, 1.54) is 0 Å². The van der Waals surface area contributed by atoms with E-state index in [1.54, 1.807) is 25.1 Å². The molecular weight excluding hydrogens is 472 g/mol. The van der Waals surface area contributed by atoms with Crippen LogP contribution in [0.1, 0.15) is 47.4 Å². The van der Waals surface area contributed by atoms with Crippen molar-refractivity contribution in [2.24, 2.45) is 0 Å². The van der Waals surface area contributed by atoms with Crippen molar-refractivity contribution >= 4 is 55.8 Å². The van der Waals surface area contributed by atoms with Gasteiger partial charge < -0.3 is 14.6 Å². The minimum absolute atomic E-state index is 0.209. The quantitative estimate of drug-likeness (QED) is 0.339. The number of hydrogen-bond acceptors (Lipinski definition) is 5. The molecule has 0 aliphatic rings. The Labute approximate surface area is 193 Å². The molecule has 0 unspecified atom stereocenters. The molecule has 0 saturated carbocycles. The maximum absolute atomic E-state index is 13.1. The van der Waals surface area contributed by atoms with Gasteiger partial charge in [-0.1, -0.05) is 47.5 Å². The first-order chi connectivity index (χ1) is 15.5. The lowest BCUT2D eigenvalue weighted by Gasteiger charge is -2.12. The van der Waals surface area contributed by atoms with Gasteiger partial charge in [-0.05, 0) is 43.7 Å². The molecule has 0 fully saturated rings. The van der Waals surface area contributed by atoms with Crippen LogP contribution in [0, 0.1) is 0 Å². The van der Waals surface area contributed by atoms with Crippen molar-refractivity contribution in [2.45, 2.75) is 33.2 Å². The zero-order valence-electron chi connectivity index (χ0n) is 17.9. The minimum atomic E-state index is -0.540. The number of hydrogen-bond donors (Lipinski definition) is 1. The van der Waals surface area contributed by atoms with Crippen LogP contribution in [0.15, 0.2) is 53.0 Å². The molecule has 2 heterocycles. The third-order valence-corrected chi connectivity index (χ3v) is 5.58. The molecule has 0 spiro atoms. The number of benzene rings is 2. The zero-order chi connectivity index (χ0) is 22.7. The first-order valence-electron chi connectivity index (χ1n) is 10.6. The second-order valence-corrected chi connectivity index (χ2v) is 8.21. The Hall–Kier alpha value is -3.26. The molecule has 0 atom stereocenters. The summed E-state index contributed by atoms with van der Waals surface area (Å²) in [5.74, 6) is -0.518. The summed E-state index contributed by atoms with van der Waals surface area (Å²) in [5.41, 5.74) is 3.04. The maximum Gasteiger partial charge on any atom is 0.344 e. The molecule has 1 amide bonds. The predicted octanol–water partition coefficient (Wildman–Crippen LogP) is 5.58. The fourth-order valence-electron chi connectivity index (χ4n) is 3.57. The Morgan fingerprint density at radius 1 is 1.06 bits per heavy atom. The summed E-state index contributed by atoms with van der Waals surface area (Å²) in [6, 6.07) is 14.6. The van der Waals surface area contributed by atoms with E-state index in [1.807, 2.05) is 34.9 Å². The normalized spacial score (nSPS) is 11.1. The van der Waals surface area contributed by atoms with Gasteiger partial charge in [0.2, 0.25) is 0 Å². The fraction of sp³-hybridized carbons (Fsp3) is 0.250.